The molecule has 2 aromatic rings. The van der Waals surface area contributed by atoms with Gasteiger partial charge in [0.15, 0.2) is 0 Å². The van der Waals surface area contributed by atoms with Crippen LogP contribution in [0.3, 0.4) is 0 Å². The summed E-state index contributed by atoms with van der Waals surface area (Å²) in [6.45, 7) is 1.28. The lowest BCUT2D eigenvalue weighted by Crippen LogP contribution is -2.16. The first-order valence-corrected chi connectivity index (χ1v) is 6.83. The third-order valence-corrected chi connectivity index (χ3v) is 3.80. The van der Waals surface area contributed by atoms with E-state index >= 15 is 0 Å². The predicted molar refractivity (Wildman–Crippen MR) is 74.1 cm³/mol. The van der Waals surface area contributed by atoms with Crippen molar-refractivity contribution in [1.29, 1.82) is 0 Å². The summed E-state index contributed by atoms with van der Waals surface area (Å²) >= 11 is 5.83. The second-order valence-corrected chi connectivity index (χ2v) is 5.23. The van der Waals surface area contributed by atoms with E-state index in [9.17, 15) is 4.39 Å². The first-order valence-electron chi connectivity index (χ1n) is 6.45. The molecule has 0 amide bonds. The van der Waals surface area contributed by atoms with E-state index in [0.29, 0.717) is 23.4 Å². The number of ether oxygens (including phenoxy) is 1. The number of benzene rings is 1. The van der Waals surface area contributed by atoms with E-state index < -0.39 is 5.82 Å². The van der Waals surface area contributed by atoms with Crippen LogP contribution in [0.4, 0.5) is 10.3 Å². The van der Waals surface area contributed by atoms with Gasteiger partial charge in [-0.15, -0.1) is 0 Å². The fourth-order valence-electron chi connectivity index (χ4n) is 2.52. The molecule has 6 heteroatoms. The van der Waals surface area contributed by atoms with Crippen LogP contribution in [0, 0.1) is 5.82 Å². The molecule has 20 heavy (non-hydrogen) atoms. The zero-order valence-electron chi connectivity index (χ0n) is 10.7. The van der Waals surface area contributed by atoms with E-state index in [1.807, 2.05) is 0 Å². The number of nitrogens with two attached hydrogens (primary N) is 1. The van der Waals surface area contributed by atoms with Gasteiger partial charge in [0.2, 0.25) is 5.88 Å². The molecule has 3 rings (SSSR count). The standard InChI is InChI=1S/C14H14ClFN2O2/c15-10-5-1-4-9(12(10)16)11-13(18-20-14(11)17)8-3-2-6-19-7-8/h1,4-5,8H,2-3,6-7,17H2. The highest BCUT2D eigenvalue weighted by Crippen LogP contribution is 2.39. The van der Waals surface area contributed by atoms with Crippen LogP contribution in [0.1, 0.15) is 24.5 Å². The molecule has 1 unspecified atom stereocenters. The maximum Gasteiger partial charge on any atom is 0.230 e. The maximum atomic E-state index is 14.2. The summed E-state index contributed by atoms with van der Waals surface area (Å²) in [5.41, 5.74) is 7.26. The van der Waals surface area contributed by atoms with Crippen molar-refractivity contribution in [3.8, 4) is 11.1 Å². The van der Waals surface area contributed by atoms with Crippen LogP contribution < -0.4 is 5.73 Å². The van der Waals surface area contributed by atoms with Crippen molar-refractivity contribution in [3.05, 3.63) is 34.7 Å². The van der Waals surface area contributed by atoms with Crippen molar-refractivity contribution >= 4 is 17.5 Å². The molecule has 1 aromatic heterocycles. The minimum atomic E-state index is -0.512. The largest absolute Gasteiger partial charge is 0.381 e. The van der Waals surface area contributed by atoms with E-state index in [1.165, 1.54) is 6.07 Å². The van der Waals surface area contributed by atoms with Crippen LogP contribution in [0.15, 0.2) is 22.7 Å². The normalized spacial score (nSPS) is 19.2. The van der Waals surface area contributed by atoms with Gasteiger partial charge in [-0.25, -0.2) is 4.39 Å². The molecule has 0 aliphatic carbocycles. The Kier molecular flexibility index (Phi) is 3.63. The molecule has 0 saturated carbocycles. The molecule has 2 heterocycles. The first-order chi connectivity index (χ1) is 9.68. The summed E-state index contributed by atoms with van der Waals surface area (Å²) < 4.78 is 24.7. The van der Waals surface area contributed by atoms with Crippen molar-refractivity contribution in [1.82, 2.24) is 5.16 Å². The Morgan fingerprint density at radius 2 is 2.25 bits per heavy atom. The number of aromatic nitrogens is 1. The van der Waals surface area contributed by atoms with E-state index in [1.54, 1.807) is 12.1 Å². The van der Waals surface area contributed by atoms with Gasteiger partial charge in [0.1, 0.15) is 5.82 Å². The van der Waals surface area contributed by atoms with Crippen LogP contribution in [-0.2, 0) is 4.74 Å². The Balaban J connectivity index is 2.09. The Bertz CT molecular complexity index is 624. The number of hydrogen-bond donors (Lipinski definition) is 1. The molecule has 1 aliphatic rings. The summed E-state index contributed by atoms with van der Waals surface area (Å²) in [7, 11) is 0. The first kappa shape index (κ1) is 13.4. The van der Waals surface area contributed by atoms with Gasteiger partial charge in [0, 0.05) is 18.1 Å². The fraction of sp³-hybridized carbons (Fsp3) is 0.357. The minimum Gasteiger partial charge on any atom is -0.381 e. The fourth-order valence-corrected chi connectivity index (χ4v) is 2.69. The van der Waals surface area contributed by atoms with Gasteiger partial charge in [-0.05, 0) is 18.9 Å². The van der Waals surface area contributed by atoms with Crippen LogP contribution in [0.2, 0.25) is 5.02 Å². The molecule has 1 fully saturated rings. The Hall–Kier alpha value is -1.59. The molecular weight excluding hydrogens is 283 g/mol. The molecule has 106 valence electrons. The Morgan fingerprint density at radius 3 is 3.00 bits per heavy atom. The predicted octanol–water partition coefficient (Wildman–Crippen LogP) is 3.61. The highest BCUT2D eigenvalue weighted by atomic mass is 35.5. The number of rotatable bonds is 2. The van der Waals surface area contributed by atoms with Crippen LogP contribution in [0.5, 0.6) is 0 Å². The summed E-state index contributed by atoms with van der Waals surface area (Å²) in [6.07, 6.45) is 1.86. The zero-order valence-corrected chi connectivity index (χ0v) is 11.5. The topological polar surface area (TPSA) is 61.3 Å². The summed E-state index contributed by atoms with van der Waals surface area (Å²) in [5.74, 6) is -0.341. The van der Waals surface area contributed by atoms with E-state index in [-0.39, 0.29) is 16.8 Å². The monoisotopic (exact) mass is 296 g/mol. The molecule has 1 atom stereocenters. The smallest absolute Gasteiger partial charge is 0.230 e. The number of nitrogen functional groups attached to an aromatic ring is 1. The van der Waals surface area contributed by atoms with Crippen molar-refractivity contribution in [2.45, 2.75) is 18.8 Å². The Morgan fingerprint density at radius 1 is 1.40 bits per heavy atom. The molecule has 0 radical (unpaired) electrons. The molecular formula is C14H14ClFN2O2. The average molecular weight is 297 g/mol. The van der Waals surface area contributed by atoms with E-state index in [2.05, 4.69) is 5.16 Å². The van der Waals surface area contributed by atoms with Crippen molar-refractivity contribution in [2.75, 3.05) is 18.9 Å². The lowest BCUT2D eigenvalue weighted by atomic mass is 9.92. The lowest BCUT2D eigenvalue weighted by molar-refractivity contribution is 0.0785. The second kappa shape index (κ2) is 5.42. The van der Waals surface area contributed by atoms with Crippen LogP contribution in [0.25, 0.3) is 11.1 Å². The number of halogens is 2. The van der Waals surface area contributed by atoms with Gasteiger partial charge in [-0.3, -0.25) is 0 Å². The molecule has 1 aliphatic heterocycles. The van der Waals surface area contributed by atoms with Gasteiger partial charge >= 0.3 is 0 Å². The second-order valence-electron chi connectivity index (χ2n) is 4.82. The third-order valence-electron chi connectivity index (χ3n) is 3.51. The average Bonchev–Trinajstić information content (AvgIpc) is 2.85. The molecule has 0 bridgehead atoms. The number of nitrogens with zero attached hydrogens (tertiary/aromatic N) is 1. The van der Waals surface area contributed by atoms with E-state index in [0.717, 1.165) is 19.4 Å². The highest BCUT2D eigenvalue weighted by molar-refractivity contribution is 6.31. The quantitative estimate of drug-likeness (QED) is 0.919. The van der Waals surface area contributed by atoms with E-state index in [4.69, 9.17) is 26.6 Å². The summed E-state index contributed by atoms with van der Waals surface area (Å²) in [5, 5.41) is 4.05. The molecule has 0 spiro atoms. The molecule has 1 saturated heterocycles. The maximum absolute atomic E-state index is 14.2. The zero-order chi connectivity index (χ0) is 14.1. The van der Waals surface area contributed by atoms with Gasteiger partial charge in [-0.1, -0.05) is 28.9 Å². The number of hydrogen-bond acceptors (Lipinski definition) is 4. The number of anilines is 1. The summed E-state index contributed by atoms with van der Waals surface area (Å²) in [4.78, 5) is 0. The van der Waals surface area contributed by atoms with Gasteiger partial charge in [0.25, 0.3) is 0 Å². The molecule has 1 aromatic carbocycles. The summed E-state index contributed by atoms with van der Waals surface area (Å²) in [6, 6.07) is 4.79. The third kappa shape index (κ3) is 2.27. The minimum absolute atomic E-state index is 0.0499. The van der Waals surface area contributed by atoms with Crippen molar-refractivity contribution in [3.63, 3.8) is 0 Å². The van der Waals surface area contributed by atoms with Crippen LogP contribution >= 0.6 is 11.6 Å². The van der Waals surface area contributed by atoms with Crippen LogP contribution in [-0.4, -0.2) is 18.4 Å². The molecule has 2 N–H and O–H groups in total. The SMILES string of the molecule is Nc1onc(C2CCCOC2)c1-c1cccc(Cl)c1F. The van der Waals surface area contributed by atoms with Gasteiger partial charge < -0.3 is 15.0 Å². The molecule has 4 nitrogen and oxygen atoms in total. The lowest BCUT2D eigenvalue weighted by Gasteiger charge is -2.21. The highest BCUT2D eigenvalue weighted by Gasteiger charge is 2.27. The van der Waals surface area contributed by atoms with Crippen molar-refractivity contribution in [2.24, 2.45) is 0 Å². The van der Waals surface area contributed by atoms with Gasteiger partial charge in [0.05, 0.1) is 22.9 Å². The van der Waals surface area contributed by atoms with Gasteiger partial charge in [-0.2, -0.15) is 0 Å². The van der Waals surface area contributed by atoms with Crippen molar-refractivity contribution < 1.29 is 13.7 Å². The Labute approximate surface area is 120 Å².